The summed E-state index contributed by atoms with van der Waals surface area (Å²) < 4.78 is 7.29. The lowest BCUT2D eigenvalue weighted by Gasteiger charge is -2.31. The average Bonchev–Trinajstić information content (AvgIpc) is 3.14. The van der Waals surface area contributed by atoms with Crippen molar-refractivity contribution in [2.24, 2.45) is 7.05 Å². The molecule has 1 aliphatic carbocycles. The van der Waals surface area contributed by atoms with Crippen molar-refractivity contribution in [1.82, 2.24) is 19.5 Å². The molecule has 1 unspecified atom stereocenters. The van der Waals surface area contributed by atoms with E-state index in [4.69, 9.17) is 4.42 Å². The van der Waals surface area contributed by atoms with Gasteiger partial charge < -0.3 is 19.4 Å². The molecule has 3 aromatic rings. The largest absolute Gasteiger partial charge is 0.469 e. The van der Waals surface area contributed by atoms with Gasteiger partial charge in [-0.25, -0.2) is 15.0 Å². The van der Waals surface area contributed by atoms with Crippen molar-refractivity contribution in [2.45, 2.75) is 24.9 Å². The highest BCUT2D eigenvalue weighted by Crippen LogP contribution is 2.36. The van der Waals surface area contributed by atoms with E-state index in [0.29, 0.717) is 24.3 Å². The Morgan fingerprint density at radius 1 is 1.41 bits per heavy atom. The SMILES string of the molecule is Cn1cnc2c(NCC3(O)CCCc4occc43)ncnc21. The Morgan fingerprint density at radius 3 is 3.23 bits per heavy atom. The van der Waals surface area contributed by atoms with Crippen LogP contribution in [-0.4, -0.2) is 31.2 Å². The summed E-state index contributed by atoms with van der Waals surface area (Å²) in [6.45, 7) is 0.363. The van der Waals surface area contributed by atoms with Crippen molar-refractivity contribution in [3.8, 4) is 0 Å². The van der Waals surface area contributed by atoms with Gasteiger partial charge in [0.1, 0.15) is 23.2 Å². The Bertz CT molecular complexity index is 824. The highest BCUT2D eigenvalue weighted by molar-refractivity contribution is 5.82. The summed E-state index contributed by atoms with van der Waals surface area (Å²) in [5.41, 5.74) is 1.40. The number of nitrogens with zero attached hydrogens (tertiary/aromatic N) is 4. The van der Waals surface area contributed by atoms with E-state index in [9.17, 15) is 5.11 Å². The number of aliphatic hydroxyl groups is 1. The Balaban J connectivity index is 1.63. The van der Waals surface area contributed by atoms with Gasteiger partial charge >= 0.3 is 0 Å². The van der Waals surface area contributed by atoms with Crippen LogP contribution in [0, 0.1) is 0 Å². The first-order valence-electron chi connectivity index (χ1n) is 7.32. The first kappa shape index (κ1) is 13.3. The van der Waals surface area contributed by atoms with Crippen molar-refractivity contribution in [3.05, 3.63) is 36.3 Å². The van der Waals surface area contributed by atoms with Crippen LogP contribution in [0.4, 0.5) is 5.82 Å². The van der Waals surface area contributed by atoms with Crippen LogP contribution in [0.25, 0.3) is 11.2 Å². The summed E-state index contributed by atoms with van der Waals surface area (Å²) in [6.07, 6.45) is 7.32. The van der Waals surface area contributed by atoms with Crippen molar-refractivity contribution < 1.29 is 9.52 Å². The van der Waals surface area contributed by atoms with Crippen LogP contribution in [0.3, 0.4) is 0 Å². The first-order valence-corrected chi connectivity index (χ1v) is 7.32. The van der Waals surface area contributed by atoms with E-state index in [2.05, 4.69) is 20.3 Å². The minimum atomic E-state index is -0.938. The van der Waals surface area contributed by atoms with Gasteiger partial charge in [-0.1, -0.05) is 0 Å². The van der Waals surface area contributed by atoms with Gasteiger partial charge in [-0.05, 0) is 18.9 Å². The number of aromatic nitrogens is 4. The number of rotatable bonds is 3. The summed E-state index contributed by atoms with van der Waals surface area (Å²) in [5, 5.41) is 14.2. The third-order valence-corrected chi connectivity index (χ3v) is 4.29. The smallest absolute Gasteiger partial charge is 0.165 e. The fourth-order valence-corrected chi connectivity index (χ4v) is 3.11. The van der Waals surface area contributed by atoms with Crippen LogP contribution < -0.4 is 5.32 Å². The van der Waals surface area contributed by atoms with Crippen LogP contribution in [0.5, 0.6) is 0 Å². The molecule has 7 heteroatoms. The second-order valence-electron chi connectivity index (χ2n) is 5.75. The quantitative estimate of drug-likeness (QED) is 0.763. The molecular formula is C15H17N5O2. The number of aryl methyl sites for hydroxylation is 2. The molecule has 0 fully saturated rings. The predicted molar refractivity (Wildman–Crippen MR) is 80.3 cm³/mol. The maximum atomic E-state index is 11.0. The Morgan fingerprint density at radius 2 is 2.32 bits per heavy atom. The molecule has 1 aliphatic rings. The lowest BCUT2D eigenvalue weighted by Crippen LogP contribution is -2.37. The molecule has 0 aliphatic heterocycles. The zero-order chi connectivity index (χ0) is 15.2. The molecule has 0 saturated carbocycles. The normalized spacial score (nSPS) is 21.0. The third-order valence-electron chi connectivity index (χ3n) is 4.29. The molecule has 3 aromatic heterocycles. The number of hydrogen-bond donors (Lipinski definition) is 2. The topological polar surface area (TPSA) is 89.0 Å². The highest BCUT2D eigenvalue weighted by Gasteiger charge is 2.36. The van der Waals surface area contributed by atoms with Crippen molar-refractivity contribution in [3.63, 3.8) is 0 Å². The number of hydrogen-bond acceptors (Lipinski definition) is 6. The van der Waals surface area contributed by atoms with E-state index in [-0.39, 0.29) is 0 Å². The number of imidazole rings is 1. The van der Waals surface area contributed by atoms with Gasteiger partial charge in [0.05, 0.1) is 12.6 Å². The number of furan rings is 1. The number of anilines is 1. The van der Waals surface area contributed by atoms with E-state index in [1.807, 2.05) is 17.7 Å². The Hall–Kier alpha value is -2.41. The molecule has 114 valence electrons. The molecule has 7 nitrogen and oxygen atoms in total. The summed E-state index contributed by atoms with van der Waals surface area (Å²) in [5.74, 6) is 1.51. The van der Waals surface area contributed by atoms with E-state index in [1.165, 1.54) is 6.33 Å². The molecule has 2 N–H and O–H groups in total. The molecule has 0 amide bonds. The van der Waals surface area contributed by atoms with Gasteiger partial charge in [0.25, 0.3) is 0 Å². The second-order valence-corrected chi connectivity index (χ2v) is 5.75. The van der Waals surface area contributed by atoms with Crippen LogP contribution in [0.15, 0.2) is 29.4 Å². The van der Waals surface area contributed by atoms with E-state index in [1.54, 1.807) is 12.6 Å². The molecular weight excluding hydrogens is 282 g/mol. The van der Waals surface area contributed by atoms with E-state index < -0.39 is 5.60 Å². The molecule has 0 bridgehead atoms. The molecule has 0 spiro atoms. The zero-order valence-corrected chi connectivity index (χ0v) is 12.3. The van der Waals surface area contributed by atoms with Gasteiger partial charge in [0, 0.05) is 25.6 Å². The van der Waals surface area contributed by atoms with Crippen LogP contribution in [-0.2, 0) is 19.1 Å². The monoisotopic (exact) mass is 299 g/mol. The fourth-order valence-electron chi connectivity index (χ4n) is 3.11. The number of nitrogens with one attached hydrogen (secondary N) is 1. The van der Waals surface area contributed by atoms with Gasteiger partial charge in [-0.3, -0.25) is 0 Å². The third kappa shape index (κ3) is 1.97. The highest BCUT2D eigenvalue weighted by atomic mass is 16.3. The van der Waals surface area contributed by atoms with Crippen molar-refractivity contribution in [2.75, 3.05) is 11.9 Å². The maximum absolute atomic E-state index is 11.0. The van der Waals surface area contributed by atoms with E-state index >= 15 is 0 Å². The summed E-state index contributed by atoms with van der Waals surface area (Å²) in [7, 11) is 1.89. The van der Waals surface area contributed by atoms with Crippen LogP contribution in [0.2, 0.25) is 0 Å². The molecule has 3 heterocycles. The second kappa shape index (κ2) is 4.81. The Kier molecular flexibility index (Phi) is 2.90. The molecule has 22 heavy (non-hydrogen) atoms. The van der Waals surface area contributed by atoms with Crippen LogP contribution in [0.1, 0.15) is 24.2 Å². The van der Waals surface area contributed by atoms with Crippen molar-refractivity contribution in [1.29, 1.82) is 0 Å². The van der Waals surface area contributed by atoms with Crippen LogP contribution >= 0.6 is 0 Å². The lowest BCUT2D eigenvalue weighted by atomic mass is 9.83. The minimum Gasteiger partial charge on any atom is -0.469 e. The summed E-state index contributed by atoms with van der Waals surface area (Å²) in [4.78, 5) is 12.8. The molecule has 0 saturated heterocycles. The summed E-state index contributed by atoms with van der Waals surface area (Å²) >= 11 is 0. The molecule has 0 radical (unpaired) electrons. The molecule has 1 atom stereocenters. The average molecular weight is 299 g/mol. The lowest BCUT2D eigenvalue weighted by molar-refractivity contribution is 0.0299. The molecule has 0 aromatic carbocycles. The molecule has 4 rings (SSSR count). The van der Waals surface area contributed by atoms with Gasteiger partial charge in [0.15, 0.2) is 11.5 Å². The zero-order valence-electron chi connectivity index (χ0n) is 12.3. The van der Waals surface area contributed by atoms with Gasteiger partial charge in [-0.15, -0.1) is 0 Å². The van der Waals surface area contributed by atoms with Crippen molar-refractivity contribution >= 4 is 17.0 Å². The van der Waals surface area contributed by atoms with Gasteiger partial charge in [0.2, 0.25) is 0 Å². The van der Waals surface area contributed by atoms with E-state index in [0.717, 1.165) is 29.8 Å². The predicted octanol–water partition coefficient (Wildman–Crippen LogP) is 1.59. The minimum absolute atomic E-state index is 0.363. The van der Waals surface area contributed by atoms with Gasteiger partial charge in [-0.2, -0.15) is 0 Å². The standard InChI is InChI=1S/C15H17N5O2/c1-20-9-19-12-13(17-8-18-14(12)20)16-7-15(21)5-2-3-11-10(15)4-6-22-11/h4,6,8-9,21H,2-3,5,7H2,1H3,(H,16,17,18). The first-order chi connectivity index (χ1) is 10.7. The Labute approximate surface area is 127 Å². The summed E-state index contributed by atoms with van der Waals surface area (Å²) in [6, 6.07) is 1.85. The number of fused-ring (bicyclic) bond motifs is 2. The fraction of sp³-hybridized carbons (Fsp3) is 0.400. The maximum Gasteiger partial charge on any atom is 0.165 e.